The summed E-state index contributed by atoms with van der Waals surface area (Å²) in [6.45, 7) is 9.53. The molecule has 1 saturated heterocycles. The average molecular weight is 334 g/mol. The second-order valence-electron chi connectivity index (χ2n) is 6.68. The number of hydrogen-bond donors (Lipinski definition) is 1. The lowest BCUT2D eigenvalue weighted by atomic mass is 9.78. The van der Waals surface area contributed by atoms with Gasteiger partial charge in [-0.3, -0.25) is 4.79 Å². The third kappa shape index (κ3) is 4.40. The van der Waals surface area contributed by atoms with E-state index in [0.29, 0.717) is 5.75 Å². The number of hydrogen-bond acceptors (Lipinski definition) is 5. The summed E-state index contributed by atoms with van der Waals surface area (Å²) in [5.41, 5.74) is 0.848. The van der Waals surface area contributed by atoms with Gasteiger partial charge in [-0.25, -0.2) is 0 Å². The Labute approximate surface area is 142 Å². The summed E-state index contributed by atoms with van der Waals surface area (Å²) in [5, 5.41) is 9.67. The third-order valence-corrected chi connectivity index (χ3v) is 5.10. The Kier molecular flexibility index (Phi) is 5.28. The van der Waals surface area contributed by atoms with Crippen LogP contribution in [0.15, 0.2) is 29.7 Å². The Morgan fingerprint density at radius 3 is 2.39 bits per heavy atom. The Hall–Kier alpha value is -1.24. The van der Waals surface area contributed by atoms with Gasteiger partial charge in [-0.2, -0.15) is 0 Å². The van der Waals surface area contributed by atoms with Crippen LogP contribution in [0.4, 0.5) is 0 Å². The van der Waals surface area contributed by atoms with Gasteiger partial charge >= 0.3 is 7.12 Å². The molecule has 1 aliphatic rings. The van der Waals surface area contributed by atoms with Crippen molar-refractivity contribution in [3.05, 3.63) is 35.3 Å². The SMILES string of the molecule is CC(=O)SCC(=Cc1cccc(O)c1)B1OC(C)(C)C(C)(C)O1. The standard InChI is InChI=1S/C17H23BO4S/c1-12(19)23-11-14(9-13-7-6-8-15(20)10-13)18-21-16(2,3)17(4,5)22-18/h6-10,20H,11H2,1-5H3. The minimum Gasteiger partial charge on any atom is -0.508 e. The van der Waals surface area contributed by atoms with Crippen LogP contribution in [0.5, 0.6) is 5.75 Å². The number of benzene rings is 1. The van der Waals surface area contributed by atoms with Gasteiger partial charge in [-0.15, -0.1) is 0 Å². The highest BCUT2D eigenvalue weighted by atomic mass is 32.2. The summed E-state index contributed by atoms with van der Waals surface area (Å²) in [7, 11) is -0.505. The number of thioether (sulfide) groups is 1. The maximum absolute atomic E-state index is 11.3. The van der Waals surface area contributed by atoms with Crippen LogP contribution in [-0.4, -0.2) is 34.3 Å². The largest absolute Gasteiger partial charge is 0.508 e. The van der Waals surface area contributed by atoms with Crippen molar-refractivity contribution in [1.29, 1.82) is 0 Å². The molecule has 0 spiro atoms. The second kappa shape index (κ2) is 6.71. The molecular formula is C17H23BO4S. The molecular weight excluding hydrogens is 311 g/mol. The van der Waals surface area contributed by atoms with Crippen molar-refractivity contribution in [1.82, 2.24) is 0 Å². The van der Waals surface area contributed by atoms with Gasteiger partial charge in [-0.05, 0) is 50.9 Å². The molecule has 23 heavy (non-hydrogen) atoms. The molecule has 1 heterocycles. The van der Waals surface area contributed by atoms with Crippen molar-refractivity contribution >= 4 is 30.1 Å². The van der Waals surface area contributed by atoms with Gasteiger partial charge in [0.15, 0.2) is 5.12 Å². The number of phenols is 1. The van der Waals surface area contributed by atoms with E-state index >= 15 is 0 Å². The van der Waals surface area contributed by atoms with Crippen LogP contribution in [0.1, 0.15) is 40.2 Å². The van der Waals surface area contributed by atoms with Crippen molar-refractivity contribution < 1.29 is 19.2 Å². The first kappa shape index (κ1) is 18.1. The Bertz CT molecular complexity index is 609. The monoisotopic (exact) mass is 334 g/mol. The fourth-order valence-corrected chi connectivity index (χ4v) is 2.78. The third-order valence-electron chi connectivity index (χ3n) is 4.22. The van der Waals surface area contributed by atoms with E-state index < -0.39 is 18.3 Å². The maximum atomic E-state index is 11.3. The normalized spacial score (nSPS) is 19.9. The zero-order valence-corrected chi connectivity index (χ0v) is 15.1. The molecule has 0 radical (unpaired) electrons. The van der Waals surface area contributed by atoms with Crippen molar-refractivity contribution in [3.8, 4) is 5.75 Å². The molecule has 0 bridgehead atoms. The molecule has 1 aliphatic heterocycles. The van der Waals surface area contributed by atoms with Crippen LogP contribution < -0.4 is 0 Å². The van der Waals surface area contributed by atoms with E-state index in [-0.39, 0.29) is 10.9 Å². The van der Waals surface area contributed by atoms with Gasteiger partial charge in [0.25, 0.3) is 0 Å². The molecule has 124 valence electrons. The summed E-state index contributed by atoms with van der Waals surface area (Å²) in [5.74, 6) is 0.688. The topological polar surface area (TPSA) is 55.8 Å². The van der Waals surface area contributed by atoms with Gasteiger partial charge in [0, 0.05) is 12.7 Å². The van der Waals surface area contributed by atoms with Gasteiger partial charge in [0.2, 0.25) is 0 Å². The Morgan fingerprint density at radius 1 is 1.26 bits per heavy atom. The van der Waals surface area contributed by atoms with E-state index in [4.69, 9.17) is 9.31 Å². The van der Waals surface area contributed by atoms with Crippen LogP contribution in [0.25, 0.3) is 6.08 Å². The molecule has 0 saturated carbocycles. The van der Waals surface area contributed by atoms with Crippen molar-refractivity contribution in [2.45, 2.75) is 45.8 Å². The predicted octanol–water partition coefficient (Wildman–Crippen LogP) is 3.69. The highest BCUT2D eigenvalue weighted by molar-refractivity contribution is 8.13. The number of aromatic hydroxyl groups is 1. The molecule has 2 rings (SSSR count). The van der Waals surface area contributed by atoms with E-state index in [1.54, 1.807) is 25.1 Å². The second-order valence-corrected chi connectivity index (χ2v) is 7.84. The minimum atomic E-state index is -0.505. The van der Waals surface area contributed by atoms with E-state index in [2.05, 4.69) is 0 Å². The van der Waals surface area contributed by atoms with Gasteiger partial charge in [0.05, 0.1) is 11.2 Å². The Morgan fingerprint density at radius 2 is 1.87 bits per heavy atom. The van der Waals surface area contributed by atoms with Crippen LogP contribution in [0.2, 0.25) is 0 Å². The average Bonchev–Trinajstić information content (AvgIpc) is 2.63. The summed E-state index contributed by atoms with van der Waals surface area (Å²) >= 11 is 1.22. The molecule has 1 aromatic carbocycles. The minimum absolute atomic E-state index is 0.0447. The molecule has 4 nitrogen and oxygen atoms in total. The summed E-state index contributed by atoms with van der Waals surface area (Å²) in [6, 6.07) is 6.96. The van der Waals surface area contributed by atoms with Gasteiger partial charge in [-0.1, -0.05) is 30.0 Å². The van der Waals surface area contributed by atoms with Crippen LogP contribution >= 0.6 is 11.8 Å². The molecule has 0 amide bonds. The zero-order chi connectivity index (χ0) is 17.3. The number of carbonyl (C=O) groups is 1. The summed E-state index contributed by atoms with van der Waals surface area (Å²) in [4.78, 5) is 11.3. The quantitative estimate of drug-likeness (QED) is 0.851. The first-order valence-electron chi connectivity index (χ1n) is 7.59. The lowest BCUT2D eigenvalue weighted by Gasteiger charge is -2.32. The van der Waals surface area contributed by atoms with E-state index in [1.165, 1.54) is 11.8 Å². The fourth-order valence-electron chi connectivity index (χ4n) is 2.19. The first-order valence-corrected chi connectivity index (χ1v) is 8.58. The molecule has 6 heteroatoms. The number of rotatable bonds is 4. The van der Waals surface area contributed by atoms with Crippen molar-refractivity contribution in [3.63, 3.8) is 0 Å². The smallest absolute Gasteiger partial charge is 0.491 e. The molecule has 0 aliphatic carbocycles. The fraction of sp³-hybridized carbons (Fsp3) is 0.471. The van der Waals surface area contributed by atoms with E-state index in [0.717, 1.165) is 11.0 Å². The van der Waals surface area contributed by atoms with Crippen molar-refractivity contribution in [2.24, 2.45) is 0 Å². The number of carbonyl (C=O) groups excluding carboxylic acids is 1. The van der Waals surface area contributed by atoms with Crippen LogP contribution in [-0.2, 0) is 14.1 Å². The van der Waals surface area contributed by atoms with Crippen LogP contribution in [0.3, 0.4) is 0 Å². The highest BCUT2D eigenvalue weighted by Gasteiger charge is 2.52. The van der Waals surface area contributed by atoms with Crippen LogP contribution in [0, 0.1) is 0 Å². The zero-order valence-electron chi connectivity index (χ0n) is 14.3. The molecule has 1 N–H and O–H groups in total. The van der Waals surface area contributed by atoms with E-state index in [1.807, 2.05) is 39.8 Å². The molecule has 1 fully saturated rings. The lowest BCUT2D eigenvalue weighted by Crippen LogP contribution is -2.41. The summed E-state index contributed by atoms with van der Waals surface area (Å²) in [6.07, 6.45) is 1.91. The first-order chi connectivity index (χ1) is 10.6. The summed E-state index contributed by atoms with van der Waals surface area (Å²) < 4.78 is 12.2. The molecule has 1 aromatic rings. The highest BCUT2D eigenvalue weighted by Crippen LogP contribution is 2.39. The van der Waals surface area contributed by atoms with Crippen molar-refractivity contribution in [2.75, 3.05) is 5.75 Å². The number of phenolic OH excluding ortho intramolecular Hbond substituents is 1. The van der Waals surface area contributed by atoms with Gasteiger partial charge in [0.1, 0.15) is 5.75 Å². The molecule has 0 aromatic heterocycles. The Balaban J connectivity index is 2.30. The van der Waals surface area contributed by atoms with Gasteiger partial charge < -0.3 is 14.4 Å². The molecule has 0 unspecified atom stereocenters. The van der Waals surface area contributed by atoms with E-state index in [9.17, 15) is 9.90 Å². The predicted molar refractivity (Wildman–Crippen MR) is 95.3 cm³/mol. The molecule has 0 atom stereocenters. The lowest BCUT2D eigenvalue weighted by molar-refractivity contribution is -0.109. The maximum Gasteiger partial charge on any atom is 0.491 e.